The number of ether oxygens (including phenoxy) is 2. The minimum absolute atomic E-state index is 0.197. The topological polar surface area (TPSA) is 101 Å². The van der Waals surface area contributed by atoms with Crippen molar-refractivity contribution < 1.29 is 23.9 Å². The quantitative estimate of drug-likeness (QED) is 0.583. The Balaban J connectivity index is 1.76. The number of carbonyl (C=O) groups excluding carboxylic acids is 3. The zero-order valence-electron chi connectivity index (χ0n) is 17.3. The molecule has 3 heterocycles. The molecule has 4 rings (SSSR count). The molecule has 1 aromatic heterocycles. The van der Waals surface area contributed by atoms with Crippen LogP contribution in [0.4, 0.5) is 16.2 Å². The first-order chi connectivity index (χ1) is 15.0. The van der Waals surface area contributed by atoms with E-state index in [-0.39, 0.29) is 11.3 Å². The average Bonchev–Trinajstić information content (AvgIpc) is 3.31. The van der Waals surface area contributed by atoms with Crippen LogP contribution in [0.2, 0.25) is 0 Å². The summed E-state index contributed by atoms with van der Waals surface area (Å²) in [4.78, 5) is 44.8. The number of nitrogens with one attached hydrogen (secondary N) is 1. The van der Waals surface area contributed by atoms with Gasteiger partial charge in [0.2, 0.25) is 0 Å². The van der Waals surface area contributed by atoms with Crippen LogP contribution in [0.15, 0.2) is 42.2 Å². The molecule has 0 radical (unpaired) electrons. The van der Waals surface area contributed by atoms with E-state index in [2.05, 4.69) is 15.2 Å². The normalized spacial score (nSPS) is 17.9. The van der Waals surface area contributed by atoms with Crippen molar-refractivity contribution >= 4 is 35.3 Å². The molecule has 9 heteroatoms. The Kier molecular flexibility index (Phi) is 5.57. The number of hydrogen-bond donors (Lipinski definition) is 1. The first-order valence-corrected chi connectivity index (χ1v) is 9.86. The number of barbiturate groups is 1. The maximum atomic E-state index is 13.0. The van der Waals surface area contributed by atoms with Crippen molar-refractivity contribution in [2.24, 2.45) is 0 Å². The molecule has 0 unspecified atom stereocenters. The number of imide groups is 2. The van der Waals surface area contributed by atoms with E-state index in [0.29, 0.717) is 17.1 Å². The van der Waals surface area contributed by atoms with Crippen LogP contribution in [-0.2, 0) is 9.59 Å². The summed E-state index contributed by atoms with van der Waals surface area (Å²) in [5.74, 6) is -0.426. The van der Waals surface area contributed by atoms with Crippen LogP contribution in [0.3, 0.4) is 0 Å². The standard InChI is InChI=1S/C22H22N4O5/c1-30-18-12-17(25-8-3-4-9-25)19(31-2)11-14(18)10-16-20(27)24-22(29)26(21(16)28)15-6-5-7-23-13-15/h5-7,10-13H,3-4,8-9H2,1-2H3,(H,24,27,29). The highest BCUT2D eigenvalue weighted by molar-refractivity contribution is 6.39. The van der Waals surface area contributed by atoms with Crippen LogP contribution in [0.5, 0.6) is 11.5 Å². The molecule has 31 heavy (non-hydrogen) atoms. The van der Waals surface area contributed by atoms with Crippen molar-refractivity contribution in [3.8, 4) is 11.5 Å². The van der Waals surface area contributed by atoms with Gasteiger partial charge in [0.25, 0.3) is 11.8 Å². The van der Waals surface area contributed by atoms with Gasteiger partial charge in [-0.2, -0.15) is 0 Å². The third-order valence-corrected chi connectivity index (χ3v) is 5.28. The maximum Gasteiger partial charge on any atom is 0.336 e. The predicted molar refractivity (Wildman–Crippen MR) is 114 cm³/mol. The number of methoxy groups -OCH3 is 2. The van der Waals surface area contributed by atoms with Crippen LogP contribution >= 0.6 is 0 Å². The molecule has 2 aromatic rings. The van der Waals surface area contributed by atoms with Crippen LogP contribution in [0.1, 0.15) is 18.4 Å². The molecule has 9 nitrogen and oxygen atoms in total. The predicted octanol–water partition coefficient (Wildman–Crippen LogP) is 2.37. The summed E-state index contributed by atoms with van der Waals surface area (Å²) >= 11 is 0. The second-order valence-corrected chi connectivity index (χ2v) is 7.13. The Morgan fingerprint density at radius 3 is 2.45 bits per heavy atom. The summed E-state index contributed by atoms with van der Waals surface area (Å²) in [5, 5.41) is 2.20. The first-order valence-electron chi connectivity index (χ1n) is 9.86. The third kappa shape index (κ3) is 3.81. The average molecular weight is 422 g/mol. The zero-order chi connectivity index (χ0) is 22.0. The van der Waals surface area contributed by atoms with Crippen molar-refractivity contribution in [3.63, 3.8) is 0 Å². The Morgan fingerprint density at radius 2 is 1.81 bits per heavy atom. The van der Waals surface area contributed by atoms with Gasteiger partial charge in [-0.25, -0.2) is 9.69 Å². The fraction of sp³-hybridized carbons (Fsp3) is 0.273. The fourth-order valence-corrected chi connectivity index (χ4v) is 3.76. The smallest absolute Gasteiger partial charge is 0.336 e. The molecule has 160 valence electrons. The third-order valence-electron chi connectivity index (χ3n) is 5.28. The number of anilines is 2. The lowest BCUT2D eigenvalue weighted by atomic mass is 10.0. The second kappa shape index (κ2) is 8.47. The first kappa shape index (κ1) is 20.4. The molecule has 0 aliphatic carbocycles. The number of urea groups is 1. The zero-order valence-corrected chi connectivity index (χ0v) is 17.3. The lowest BCUT2D eigenvalue weighted by Crippen LogP contribution is -2.54. The van der Waals surface area contributed by atoms with Crippen molar-refractivity contribution in [2.75, 3.05) is 37.1 Å². The molecule has 2 fully saturated rings. The van der Waals surface area contributed by atoms with Crippen molar-refractivity contribution in [3.05, 3.63) is 47.8 Å². The highest BCUT2D eigenvalue weighted by Gasteiger charge is 2.37. The van der Waals surface area contributed by atoms with Gasteiger partial charge in [-0.05, 0) is 37.1 Å². The number of benzene rings is 1. The molecule has 0 spiro atoms. The Hall–Kier alpha value is -3.88. The van der Waals surface area contributed by atoms with Gasteiger partial charge in [0.05, 0.1) is 31.8 Å². The van der Waals surface area contributed by atoms with Gasteiger partial charge in [-0.15, -0.1) is 0 Å². The maximum absolute atomic E-state index is 13.0. The molecular weight excluding hydrogens is 400 g/mol. The molecule has 2 saturated heterocycles. The number of amides is 4. The van der Waals surface area contributed by atoms with Crippen LogP contribution in [0, 0.1) is 0 Å². The molecular formula is C22H22N4O5. The molecule has 1 aromatic carbocycles. The number of nitrogens with zero attached hydrogens (tertiary/aromatic N) is 3. The summed E-state index contributed by atoms with van der Waals surface area (Å²) < 4.78 is 11.1. The van der Waals surface area contributed by atoms with Gasteiger partial charge in [0.15, 0.2) is 0 Å². The van der Waals surface area contributed by atoms with E-state index < -0.39 is 17.8 Å². The largest absolute Gasteiger partial charge is 0.496 e. The SMILES string of the molecule is COc1cc(N2CCCC2)c(OC)cc1C=C1C(=O)NC(=O)N(c2cccnc2)C1=O. The van der Waals surface area contributed by atoms with E-state index in [1.165, 1.54) is 25.6 Å². The van der Waals surface area contributed by atoms with E-state index in [1.54, 1.807) is 25.3 Å². The second-order valence-electron chi connectivity index (χ2n) is 7.13. The van der Waals surface area contributed by atoms with E-state index in [0.717, 1.165) is 36.5 Å². The Bertz CT molecular complexity index is 1060. The molecule has 2 aliphatic heterocycles. The van der Waals surface area contributed by atoms with Crippen LogP contribution < -0.4 is 24.6 Å². The van der Waals surface area contributed by atoms with E-state index in [1.807, 2.05) is 6.07 Å². The van der Waals surface area contributed by atoms with Crippen LogP contribution in [0.25, 0.3) is 6.08 Å². The molecule has 2 aliphatic rings. The highest BCUT2D eigenvalue weighted by Crippen LogP contribution is 2.38. The monoisotopic (exact) mass is 422 g/mol. The molecule has 0 bridgehead atoms. The minimum atomic E-state index is -0.825. The van der Waals surface area contributed by atoms with Crippen LogP contribution in [-0.4, -0.2) is 50.1 Å². The number of hydrogen-bond acceptors (Lipinski definition) is 7. The van der Waals surface area contributed by atoms with Gasteiger partial charge in [-0.1, -0.05) is 0 Å². The Labute approximate surface area is 179 Å². The summed E-state index contributed by atoms with van der Waals surface area (Å²) in [6.07, 6.45) is 6.51. The molecule has 0 saturated carbocycles. The fourth-order valence-electron chi connectivity index (χ4n) is 3.76. The summed E-state index contributed by atoms with van der Waals surface area (Å²) in [6, 6.07) is 5.90. The van der Waals surface area contributed by atoms with E-state index >= 15 is 0 Å². The Morgan fingerprint density at radius 1 is 1.06 bits per heavy atom. The number of carbonyl (C=O) groups is 3. The summed E-state index contributed by atoms with van der Waals surface area (Å²) in [7, 11) is 3.09. The van der Waals surface area contributed by atoms with E-state index in [9.17, 15) is 14.4 Å². The number of pyridine rings is 1. The van der Waals surface area contributed by atoms with Crippen molar-refractivity contribution in [2.45, 2.75) is 12.8 Å². The van der Waals surface area contributed by atoms with E-state index in [4.69, 9.17) is 9.47 Å². The molecule has 1 N–H and O–H groups in total. The minimum Gasteiger partial charge on any atom is -0.496 e. The lowest BCUT2D eigenvalue weighted by Gasteiger charge is -2.26. The summed E-state index contributed by atoms with van der Waals surface area (Å²) in [6.45, 7) is 1.84. The summed E-state index contributed by atoms with van der Waals surface area (Å²) in [5.41, 5.74) is 1.45. The van der Waals surface area contributed by atoms with Gasteiger partial charge >= 0.3 is 6.03 Å². The van der Waals surface area contributed by atoms with Gasteiger partial charge in [0.1, 0.15) is 17.1 Å². The van der Waals surface area contributed by atoms with Gasteiger partial charge < -0.3 is 14.4 Å². The number of aromatic nitrogens is 1. The van der Waals surface area contributed by atoms with Crippen molar-refractivity contribution in [1.29, 1.82) is 0 Å². The van der Waals surface area contributed by atoms with Gasteiger partial charge in [-0.3, -0.25) is 19.9 Å². The molecule has 4 amide bonds. The van der Waals surface area contributed by atoms with Crippen molar-refractivity contribution in [1.82, 2.24) is 10.3 Å². The van der Waals surface area contributed by atoms with Gasteiger partial charge in [0, 0.05) is 30.9 Å². The highest BCUT2D eigenvalue weighted by atomic mass is 16.5. The molecule has 0 atom stereocenters. The number of rotatable bonds is 5. The lowest BCUT2D eigenvalue weighted by molar-refractivity contribution is -0.122.